The van der Waals surface area contributed by atoms with Gasteiger partial charge < -0.3 is 28.4 Å². The standard InChI is InChI=1S/C33H44O8/c1-7-31(34)38-21-9-19-36-25(3)23-40-29-15-11-27(12-16-29)33(5,6)28-13-17-30(18-14-28)41-24-26(4)37-20-10-22-39-32(35)8-2/h7-8,11-18,25-26H,1-2,9-10,19-24H2,3-6H3. The zero-order valence-electron chi connectivity index (χ0n) is 24.8. The Balaban J connectivity index is 1.75. The zero-order chi connectivity index (χ0) is 30.1. The van der Waals surface area contributed by atoms with Gasteiger partial charge in [0.25, 0.3) is 0 Å². The molecule has 8 heteroatoms. The second kappa shape index (κ2) is 17.9. The predicted molar refractivity (Wildman–Crippen MR) is 158 cm³/mol. The molecule has 2 atom stereocenters. The highest BCUT2D eigenvalue weighted by Gasteiger charge is 2.23. The lowest BCUT2D eigenvalue weighted by Crippen LogP contribution is -2.20. The summed E-state index contributed by atoms with van der Waals surface area (Å²) in [7, 11) is 0. The van der Waals surface area contributed by atoms with E-state index in [2.05, 4.69) is 51.3 Å². The zero-order valence-corrected chi connectivity index (χ0v) is 24.8. The van der Waals surface area contributed by atoms with E-state index in [-0.39, 0.29) is 17.6 Å². The van der Waals surface area contributed by atoms with E-state index in [1.54, 1.807) is 0 Å². The van der Waals surface area contributed by atoms with E-state index in [0.29, 0.717) is 52.5 Å². The highest BCUT2D eigenvalue weighted by atomic mass is 16.6. The Kier molecular flexibility index (Phi) is 14.7. The minimum absolute atomic E-state index is 0.0922. The summed E-state index contributed by atoms with van der Waals surface area (Å²) in [5.74, 6) is 0.701. The van der Waals surface area contributed by atoms with E-state index in [9.17, 15) is 9.59 Å². The van der Waals surface area contributed by atoms with Gasteiger partial charge in [0.05, 0.1) is 38.6 Å². The Morgan fingerprint density at radius 2 is 1.05 bits per heavy atom. The van der Waals surface area contributed by atoms with Crippen LogP contribution in [0.3, 0.4) is 0 Å². The molecule has 0 fully saturated rings. The van der Waals surface area contributed by atoms with Crippen molar-refractivity contribution in [3.63, 3.8) is 0 Å². The Hall–Kier alpha value is -3.62. The lowest BCUT2D eigenvalue weighted by Gasteiger charge is -2.26. The summed E-state index contributed by atoms with van der Waals surface area (Å²) in [6.07, 6.45) is 3.34. The predicted octanol–water partition coefficient (Wildman–Crippen LogP) is 5.82. The van der Waals surface area contributed by atoms with E-state index in [1.165, 1.54) is 0 Å². The number of hydrogen-bond donors (Lipinski definition) is 0. The van der Waals surface area contributed by atoms with Crippen LogP contribution in [0.15, 0.2) is 73.8 Å². The minimum Gasteiger partial charge on any atom is -0.491 e. The van der Waals surface area contributed by atoms with Crippen LogP contribution in [0.2, 0.25) is 0 Å². The number of esters is 2. The fraction of sp³-hybridized carbons (Fsp3) is 0.455. The number of benzene rings is 2. The number of carbonyl (C=O) groups is 2. The molecule has 0 saturated carbocycles. The lowest BCUT2D eigenvalue weighted by atomic mass is 9.78. The fourth-order valence-electron chi connectivity index (χ4n) is 3.78. The van der Waals surface area contributed by atoms with Crippen LogP contribution in [0.4, 0.5) is 0 Å². The van der Waals surface area contributed by atoms with Gasteiger partial charge in [-0.1, -0.05) is 51.3 Å². The number of rotatable bonds is 20. The average molecular weight is 569 g/mol. The second-order valence-corrected chi connectivity index (χ2v) is 10.1. The van der Waals surface area contributed by atoms with Gasteiger partial charge >= 0.3 is 11.9 Å². The maximum atomic E-state index is 11.0. The quantitative estimate of drug-likeness (QED) is 0.112. The SMILES string of the molecule is C=CC(=O)OCCCOC(C)COc1ccc(C(C)(C)c2ccc(OCC(C)OCCCOC(=O)C=C)cc2)cc1. The third-order valence-electron chi connectivity index (χ3n) is 6.33. The van der Waals surface area contributed by atoms with E-state index >= 15 is 0 Å². The fourth-order valence-corrected chi connectivity index (χ4v) is 3.78. The molecule has 0 radical (unpaired) electrons. The van der Waals surface area contributed by atoms with Crippen LogP contribution in [0.1, 0.15) is 51.7 Å². The van der Waals surface area contributed by atoms with Gasteiger partial charge in [-0.15, -0.1) is 0 Å². The molecule has 0 amide bonds. The molecule has 0 bridgehead atoms. The van der Waals surface area contributed by atoms with Crippen molar-refractivity contribution in [3.8, 4) is 11.5 Å². The van der Waals surface area contributed by atoms with Crippen LogP contribution in [0.25, 0.3) is 0 Å². The van der Waals surface area contributed by atoms with E-state index < -0.39 is 11.9 Å². The third kappa shape index (κ3) is 12.6. The van der Waals surface area contributed by atoms with Crippen molar-refractivity contribution in [1.82, 2.24) is 0 Å². The summed E-state index contributed by atoms with van der Waals surface area (Å²) in [6.45, 7) is 17.4. The normalized spacial score (nSPS) is 12.6. The van der Waals surface area contributed by atoms with Crippen LogP contribution < -0.4 is 9.47 Å². The lowest BCUT2D eigenvalue weighted by molar-refractivity contribution is -0.139. The topological polar surface area (TPSA) is 89.5 Å². The van der Waals surface area contributed by atoms with Crippen molar-refractivity contribution in [2.75, 3.05) is 39.6 Å². The molecular weight excluding hydrogens is 524 g/mol. The summed E-state index contributed by atoms with van der Waals surface area (Å²) in [4.78, 5) is 22.1. The van der Waals surface area contributed by atoms with Gasteiger partial charge in [-0.25, -0.2) is 9.59 Å². The molecular formula is C33H44O8. The molecule has 2 rings (SSSR count). The summed E-state index contributed by atoms with van der Waals surface area (Å²) in [6, 6.07) is 16.2. The molecule has 2 unspecified atom stereocenters. The molecule has 0 aliphatic carbocycles. The molecule has 0 aliphatic rings. The molecule has 0 spiro atoms. The number of carbonyl (C=O) groups excluding carboxylic acids is 2. The first-order valence-corrected chi connectivity index (χ1v) is 13.9. The van der Waals surface area contributed by atoms with Crippen LogP contribution in [0, 0.1) is 0 Å². The average Bonchev–Trinajstić information content (AvgIpc) is 2.98. The van der Waals surface area contributed by atoms with Crippen molar-refractivity contribution < 1.29 is 38.0 Å². The van der Waals surface area contributed by atoms with Crippen LogP contribution in [-0.4, -0.2) is 63.8 Å². The van der Waals surface area contributed by atoms with Crippen molar-refractivity contribution >= 4 is 11.9 Å². The van der Waals surface area contributed by atoms with E-state index in [1.807, 2.05) is 38.1 Å². The van der Waals surface area contributed by atoms with E-state index in [0.717, 1.165) is 34.8 Å². The second-order valence-electron chi connectivity index (χ2n) is 10.1. The van der Waals surface area contributed by atoms with Crippen molar-refractivity contribution in [2.45, 2.75) is 58.2 Å². The minimum atomic E-state index is -0.425. The van der Waals surface area contributed by atoms with Crippen molar-refractivity contribution in [2.24, 2.45) is 0 Å². The summed E-state index contributed by atoms with van der Waals surface area (Å²) in [5.41, 5.74) is 2.11. The summed E-state index contributed by atoms with van der Waals surface area (Å²) in [5, 5.41) is 0. The molecule has 0 saturated heterocycles. The number of ether oxygens (including phenoxy) is 6. The molecule has 2 aromatic carbocycles. The monoisotopic (exact) mass is 568 g/mol. The van der Waals surface area contributed by atoms with Crippen LogP contribution in [0.5, 0.6) is 11.5 Å². The Labute approximate surface area is 244 Å². The largest absolute Gasteiger partial charge is 0.491 e. The molecule has 0 heterocycles. The van der Waals surface area contributed by atoms with Gasteiger partial charge in [-0.3, -0.25) is 0 Å². The molecule has 224 valence electrons. The summed E-state index contributed by atoms with van der Waals surface area (Å²) >= 11 is 0. The molecule has 2 aromatic rings. The first-order valence-electron chi connectivity index (χ1n) is 13.9. The van der Waals surface area contributed by atoms with Crippen molar-refractivity contribution in [3.05, 3.63) is 85.0 Å². The van der Waals surface area contributed by atoms with Gasteiger partial charge in [-0.05, 0) is 49.2 Å². The first kappa shape index (κ1) is 33.6. The Morgan fingerprint density at radius 1 is 0.683 bits per heavy atom. The Bertz CT molecular complexity index is 990. The molecule has 0 aliphatic heterocycles. The highest BCUT2D eigenvalue weighted by Crippen LogP contribution is 2.33. The third-order valence-corrected chi connectivity index (χ3v) is 6.33. The van der Waals surface area contributed by atoms with Gasteiger partial charge in [0.2, 0.25) is 0 Å². The van der Waals surface area contributed by atoms with Crippen LogP contribution in [-0.2, 0) is 34.0 Å². The van der Waals surface area contributed by atoms with E-state index in [4.69, 9.17) is 28.4 Å². The molecule has 8 nitrogen and oxygen atoms in total. The molecule has 0 aromatic heterocycles. The van der Waals surface area contributed by atoms with Gasteiger partial charge in [0.15, 0.2) is 0 Å². The maximum Gasteiger partial charge on any atom is 0.330 e. The highest BCUT2D eigenvalue weighted by molar-refractivity contribution is 5.81. The molecule has 41 heavy (non-hydrogen) atoms. The smallest absolute Gasteiger partial charge is 0.330 e. The Morgan fingerprint density at radius 3 is 1.39 bits per heavy atom. The summed E-state index contributed by atoms with van der Waals surface area (Å²) < 4.78 is 33.1. The van der Waals surface area contributed by atoms with Crippen molar-refractivity contribution in [1.29, 1.82) is 0 Å². The van der Waals surface area contributed by atoms with Crippen LogP contribution >= 0.6 is 0 Å². The maximum absolute atomic E-state index is 11.0. The van der Waals surface area contributed by atoms with Gasteiger partial charge in [0.1, 0.15) is 24.7 Å². The van der Waals surface area contributed by atoms with Gasteiger partial charge in [0, 0.05) is 30.4 Å². The molecule has 0 N–H and O–H groups in total. The number of hydrogen-bond acceptors (Lipinski definition) is 8. The van der Waals surface area contributed by atoms with Gasteiger partial charge in [-0.2, -0.15) is 0 Å². The first-order chi connectivity index (χ1) is 19.6.